The van der Waals surface area contributed by atoms with Gasteiger partial charge in [-0.1, -0.05) is 96.7 Å². The van der Waals surface area contributed by atoms with Crippen molar-refractivity contribution in [3.63, 3.8) is 0 Å². The van der Waals surface area contributed by atoms with Gasteiger partial charge in [-0.2, -0.15) is 0 Å². The summed E-state index contributed by atoms with van der Waals surface area (Å²) in [5.74, 6) is 2.82. The summed E-state index contributed by atoms with van der Waals surface area (Å²) < 4.78 is 13.7. The zero-order valence-electron chi connectivity index (χ0n) is 22.3. The molecule has 6 atom stereocenters. The molecule has 3 heterocycles. The fourth-order valence-corrected chi connectivity index (χ4v) is 8.08. The van der Waals surface area contributed by atoms with Crippen molar-refractivity contribution in [2.24, 2.45) is 17.8 Å². The second-order valence-corrected chi connectivity index (χ2v) is 11.8. The zero-order chi connectivity index (χ0) is 25.8. The van der Waals surface area contributed by atoms with E-state index in [9.17, 15) is 0 Å². The third kappa shape index (κ3) is 3.63. The molecule has 6 aliphatic rings. The van der Waals surface area contributed by atoms with Crippen LogP contribution < -0.4 is 10.1 Å². The van der Waals surface area contributed by atoms with E-state index in [1.165, 1.54) is 27.8 Å². The summed E-state index contributed by atoms with van der Waals surface area (Å²) in [6.07, 6.45) is 27.6. The lowest BCUT2D eigenvalue weighted by Gasteiger charge is -2.58. The molecule has 3 heteroatoms. The normalized spacial score (nSPS) is 33.8. The summed E-state index contributed by atoms with van der Waals surface area (Å²) in [7, 11) is 0. The number of benzene rings is 2. The Hall–Kier alpha value is -3.40. The quantitative estimate of drug-likeness (QED) is 0.424. The Balaban J connectivity index is 1.32. The van der Waals surface area contributed by atoms with Crippen molar-refractivity contribution in [2.45, 2.75) is 43.3 Å². The van der Waals surface area contributed by atoms with Crippen LogP contribution in [0.25, 0.3) is 5.57 Å². The van der Waals surface area contributed by atoms with Crippen molar-refractivity contribution in [1.82, 2.24) is 5.32 Å². The van der Waals surface area contributed by atoms with E-state index in [0.29, 0.717) is 5.92 Å². The van der Waals surface area contributed by atoms with Gasteiger partial charge in [0.25, 0.3) is 0 Å². The lowest BCUT2D eigenvalue weighted by Crippen LogP contribution is -2.59. The van der Waals surface area contributed by atoms with Gasteiger partial charge < -0.3 is 14.8 Å². The molecule has 0 amide bonds. The van der Waals surface area contributed by atoms with Crippen LogP contribution in [0.2, 0.25) is 0 Å². The van der Waals surface area contributed by atoms with Crippen LogP contribution in [0.15, 0.2) is 109 Å². The van der Waals surface area contributed by atoms with Gasteiger partial charge in [0, 0.05) is 40.8 Å². The molecular weight excluding hydrogens is 478 g/mol. The van der Waals surface area contributed by atoms with E-state index in [1.54, 1.807) is 0 Å². The predicted molar refractivity (Wildman–Crippen MR) is 157 cm³/mol. The molecule has 2 aromatic carbocycles. The second-order valence-electron chi connectivity index (χ2n) is 11.8. The Labute approximate surface area is 231 Å². The van der Waals surface area contributed by atoms with Gasteiger partial charge in [-0.3, -0.25) is 0 Å². The van der Waals surface area contributed by atoms with Gasteiger partial charge >= 0.3 is 0 Å². The van der Waals surface area contributed by atoms with Gasteiger partial charge in [0.05, 0.1) is 12.2 Å². The maximum atomic E-state index is 7.00. The molecular formula is C36H35NO2. The van der Waals surface area contributed by atoms with Gasteiger partial charge in [-0.15, -0.1) is 0 Å². The van der Waals surface area contributed by atoms with Crippen molar-refractivity contribution >= 4 is 5.57 Å². The molecule has 0 saturated carbocycles. The van der Waals surface area contributed by atoms with Crippen molar-refractivity contribution in [3.8, 4) is 11.5 Å². The van der Waals surface area contributed by atoms with E-state index in [4.69, 9.17) is 9.47 Å². The number of allylic oxidation sites excluding steroid dienone is 7. The number of rotatable bonds is 2. The van der Waals surface area contributed by atoms with E-state index in [0.717, 1.165) is 50.3 Å². The minimum absolute atomic E-state index is 0.0340. The average Bonchev–Trinajstić information content (AvgIpc) is 3.01. The Bertz CT molecular complexity index is 1490. The molecule has 3 aliphatic carbocycles. The highest BCUT2D eigenvalue weighted by Crippen LogP contribution is 2.62. The van der Waals surface area contributed by atoms with E-state index < -0.39 is 0 Å². The fraction of sp³-hybridized carbons (Fsp3) is 0.333. The maximum absolute atomic E-state index is 7.00. The standard InChI is InChI=1S/C36H35NO2/c1-2-9-24(10-3-1)25-16-18-30-34(21-25)38-32-14-6-4-12-28(32)36(30)29-13-5-7-15-33(29)39-35-22-26(17-19-31(35)36)27-11-8-20-37-23-27/h1-2,4-7,9,11-19,21,26,29,31,33,35,37H,3,8,10,20,22-23H2. The van der Waals surface area contributed by atoms with Gasteiger partial charge in [-0.25, -0.2) is 0 Å². The third-order valence-electron chi connectivity index (χ3n) is 9.80. The van der Waals surface area contributed by atoms with Gasteiger partial charge in [0.1, 0.15) is 11.5 Å². The van der Waals surface area contributed by atoms with Gasteiger partial charge in [-0.05, 0) is 55.5 Å². The number of fused-ring (bicyclic) bond motifs is 8. The molecule has 196 valence electrons. The minimum atomic E-state index is -0.265. The minimum Gasteiger partial charge on any atom is -0.457 e. The fourth-order valence-electron chi connectivity index (χ4n) is 8.08. The first-order valence-electron chi connectivity index (χ1n) is 14.7. The first-order valence-corrected chi connectivity index (χ1v) is 14.7. The van der Waals surface area contributed by atoms with Crippen molar-refractivity contribution < 1.29 is 9.47 Å². The molecule has 1 spiro atoms. The van der Waals surface area contributed by atoms with E-state index in [1.807, 2.05) is 0 Å². The first-order chi connectivity index (χ1) is 19.3. The van der Waals surface area contributed by atoms with Crippen LogP contribution in [0.4, 0.5) is 0 Å². The average molecular weight is 514 g/mol. The molecule has 8 rings (SSSR count). The van der Waals surface area contributed by atoms with Crippen molar-refractivity contribution in [2.75, 3.05) is 13.1 Å². The van der Waals surface area contributed by atoms with E-state index in [-0.39, 0.29) is 29.5 Å². The van der Waals surface area contributed by atoms with Gasteiger partial charge in [0.15, 0.2) is 0 Å². The Kier molecular flexibility index (Phi) is 5.64. The summed E-state index contributed by atoms with van der Waals surface area (Å²) in [5, 5.41) is 3.58. The summed E-state index contributed by atoms with van der Waals surface area (Å²) in [5.41, 5.74) is 6.49. The SMILES string of the molecule is C1=CCCC(c2ccc3c(c2)Oc2ccccc2C32C3C=CC=CC3OC3CC(C4=CCCNC4)C=CC32)=C1. The predicted octanol–water partition coefficient (Wildman–Crippen LogP) is 7.43. The summed E-state index contributed by atoms with van der Waals surface area (Å²) in [4.78, 5) is 0. The second kappa shape index (κ2) is 9.36. The molecule has 0 radical (unpaired) electrons. The lowest BCUT2D eigenvalue weighted by atomic mass is 9.51. The largest absolute Gasteiger partial charge is 0.457 e. The monoisotopic (exact) mass is 513 g/mol. The maximum Gasteiger partial charge on any atom is 0.132 e. The molecule has 0 bridgehead atoms. The van der Waals surface area contributed by atoms with Crippen LogP contribution in [0.5, 0.6) is 11.5 Å². The Morgan fingerprint density at radius 1 is 0.846 bits per heavy atom. The number of para-hydroxylation sites is 1. The smallest absolute Gasteiger partial charge is 0.132 e. The lowest BCUT2D eigenvalue weighted by molar-refractivity contribution is -0.114. The molecule has 6 unspecified atom stereocenters. The van der Waals surface area contributed by atoms with E-state index >= 15 is 0 Å². The van der Waals surface area contributed by atoms with Crippen LogP contribution in [0.1, 0.15) is 42.4 Å². The molecule has 39 heavy (non-hydrogen) atoms. The zero-order valence-corrected chi connectivity index (χ0v) is 22.3. The van der Waals surface area contributed by atoms with Crippen LogP contribution in [0.3, 0.4) is 0 Å². The van der Waals surface area contributed by atoms with Crippen LogP contribution in [-0.2, 0) is 10.2 Å². The highest BCUT2D eigenvalue weighted by atomic mass is 16.5. The summed E-state index contributed by atoms with van der Waals surface area (Å²) in [6, 6.07) is 15.8. The molecule has 3 nitrogen and oxygen atoms in total. The number of hydrogen-bond acceptors (Lipinski definition) is 3. The third-order valence-corrected chi connectivity index (χ3v) is 9.80. The highest BCUT2D eigenvalue weighted by molar-refractivity contribution is 5.72. The molecule has 1 fully saturated rings. The van der Waals surface area contributed by atoms with Gasteiger partial charge in [0.2, 0.25) is 0 Å². The van der Waals surface area contributed by atoms with Crippen LogP contribution >= 0.6 is 0 Å². The van der Waals surface area contributed by atoms with Crippen LogP contribution in [0, 0.1) is 17.8 Å². The summed E-state index contributed by atoms with van der Waals surface area (Å²) in [6.45, 7) is 2.06. The molecule has 3 aliphatic heterocycles. The van der Waals surface area contributed by atoms with Crippen molar-refractivity contribution in [1.29, 1.82) is 0 Å². The molecule has 1 saturated heterocycles. The number of nitrogens with one attached hydrogen (secondary N) is 1. The molecule has 0 aromatic heterocycles. The van der Waals surface area contributed by atoms with E-state index in [2.05, 4.69) is 109 Å². The highest BCUT2D eigenvalue weighted by Gasteiger charge is 2.60. The first kappa shape index (κ1) is 23.5. The number of ether oxygens (including phenoxy) is 2. The van der Waals surface area contributed by atoms with Crippen LogP contribution in [-0.4, -0.2) is 25.3 Å². The number of hydrogen-bond donors (Lipinski definition) is 1. The molecule has 1 N–H and O–H groups in total. The molecule has 2 aromatic rings. The Morgan fingerprint density at radius 2 is 1.77 bits per heavy atom. The topological polar surface area (TPSA) is 30.5 Å². The summed E-state index contributed by atoms with van der Waals surface area (Å²) >= 11 is 0. The van der Waals surface area contributed by atoms with Crippen molar-refractivity contribution in [3.05, 3.63) is 125 Å². The Morgan fingerprint density at radius 3 is 2.67 bits per heavy atom.